The number of nitrogens with zero attached hydrogens (tertiary/aromatic N) is 1. The molecule has 2 aromatic carbocycles. The normalized spacial score (nSPS) is 16.6. The molecular weight excluding hydrogens is 364 g/mol. The molecule has 0 saturated carbocycles. The molecule has 0 radical (unpaired) electrons. The molecule has 1 aromatic heterocycles. The predicted octanol–water partition coefficient (Wildman–Crippen LogP) is 4.75. The van der Waals surface area contributed by atoms with Gasteiger partial charge in [0, 0.05) is 29.7 Å². The summed E-state index contributed by atoms with van der Waals surface area (Å²) >= 11 is 0. The van der Waals surface area contributed by atoms with Gasteiger partial charge in [-0.1, -0.05) is 0 Å². The Morgan fingerprint density at radius 1 is 1.10 bits per heavy atom. The monoisotopic (exact) mass is 394 g/mol. The van der Waals surface area contributed by atoms with Gasteiger partial charge in [-0.3, -0.25) is 4.90 Å². The van der Waals surface area contributed by atoms with Crippen molar-refractivity contribution < 1.29 is 14.2 Å². The topological polar surface area (TPSA) is 46.7 Å². The van der Waals surface area contributed by atoms with Crippen LogP contribution >= 0.6 is 0 Å². The van der Waals surface area contributed by atoms with Gasteiger partial charge < -0.3 is 19.2 Å². The molecule has 29 heavy (non-hydrogen) atoms. The number of aromatic nitrogens is 1. The summed E-state index contributed by atoms with van der Waals surface area (Å²) in [5, 5.41) is 1.24. The molecule has 1 unspecified atom stereocenters. The Balaban J connectivity index is 1.62. The van der Waals surface area contributed by atoms with Gasteiger partial charge in [-0.2, -0.15) is 0 Å². The molecule has 0 bridgehead atoms. The maximum absolute atomic E-state index is 5.85. The van der Waals surface area contributed by atoms with Crippen molar-refractivity contribution in [3.05, 3.63) is 53.2 Å². The molecule has 3 aromatic rings. The van der Waals surface area contributed by atoms with Crippen LogP contribution in [-0.4, -0.2) is 44.3 Å². The highest BCUT2D eigenvalue weighted by Gasteiger charge is 2.27. The van der Waals surface area contributed by atoms with E-state index in [-0.39, 0.29) is 0 Å². The number of benzene rings is 2. The number of hydrogen-bond acceptors (Lipinski definition) is 4. The molecule has 5 heteroatoms. The number of aryl methyl sites for hydroxylation is 1. The summed E-state index contributed by atoms with van der Waals surface area (Å²) in [6.07, 6.45) is 5.21. The average molecular weight is 395 g/mol. The van der Waals surface area contributed by atoms with Crippen LogP contribution in [0.4, 0.5) is 0 Å². The molecule has 1 atom stereocenters. The third kappa shape index (κ3) is 3.79. The number of H-pyrrole nitrogens is 1. The number of hydrogen-bond donors (Lipinski definition) is 1. The number of likely N-dealkylation sites (N-methyl/N-ethyl adjacent to an activating group) is 1. The van der Waals surface area contributed by atoms with Gasteiger partial charge in [0.25, 0.3) is 0 Å². The Hall–Kier alpha value is -2.66. The highest BCUT2D eigenvalue weighted by atomic mass is 16.5. The Morgan fingerprint density at radius 3 is 2.72 bits per heavy atom. The van der Waals surface area contributed by atoms with Gasteiger partial charge in [0.15, 0.2) is 11.5 Å². The van der Waals surface area contributed by atoms with E-state index in [1.54, 1.807) is 14.2 Å². The molecular formula is C24H30N2O3. The number of methoxy groups -OCH3 is 2. The summed E-state index contributed by atoms with van der Waals surface area (Å²) in [4.78, 5) is 5.85. The van der Waals surface area contributed by atoms with E-state index < -0.39 is 0 Å². The van der Waals surface area contributed by atoms with Crippen LogP contribution in [0.1, 0.15) is 36.1 Å². The molecule has 0 aliphatic carbocycles. The van der Waals surface area contributed by atoms with Crippen LogP contribution < -0.4 is 14.2 Å². The lowest BCUT2D eigenvalue weighted by Gasteiger charge is -2.35. The van der Waals surface area contributed by atoms with Crippen molar-refractivity contribution in [3.8, 4) is 17.2 Å². The molecule has 154 valence electrons. The number of rotatable bonds is 7. The summed E-state index contributed by atoms with van der Waals surface area (Å²) in [5.74, 6) is 2.57. The second-order valence-corrected chi connectivity index (χ2v) is 7.65. The van der Waals surface area contributed by atoms with Gasteiger partial charge in [0.1, 0.15) is 5.75 Å². The summed E-state index contributed by atoms with van der Waals surface area (Å²) in [6, 6.07) is 10.9. The predicted molar refractivity (Wildman–Crippen MR) is 116 cm³/mol. The minimum absolute atomic E-state index is 0.361. The van der Waals surface area contributed by atoms with Gasteiger partial charge in [0.2, 0.25) is 0 Å². The first-order chi connectivity index (χ1) is 14.1. The molecule has 1 aliphatic heterocycles. The molecule has 2 heterocycles. The smallest absolute Gasteiger partial charge is 0.161 e. The first-order valence-electron chi connectivity index (χ1n) is 10.3. The van der Waals surface area contributed by atoms with E-state index >= 15 is 0 Å². The van der Waals surface area contributed by atoms with E-state index in [0.717, 1.165) is 48.6 Å². The molecule has 1 aliphatic rings. The fraction of sp³-hybridized carbons (Fsp3) is 0.417. The minimum Gasteiger partial charge on any atom is -0.497 e. The highest BCUT2D eigenvalue weighted by molar-refractivity contribution is 5.84. The van der Waals surface area contributed by atoms with Crippen LogP contribution in [-0.2, 0) is 12.8 Å². The lowest BCUT2D eigenvalue weighted by Crippen LogP contribution is -2.32. The lowest BCUT2D eigenvalue weighted by atomic mass is 9.88. The molecule has 0 saturated heterocycles. The van der Waals surface area contributed by atoms with E-state index in [9.17, 15) is 0 Å². The standard InChI is InChI=1S/C24H30N2O3/c1-5-29-24-14-20-16(12-23(24)28-4)10-11-26(2)22(20)9-6-17-15-25-21-8-7-18(27-3)13-19(17)21/h7-8,12-15,22,25H,5-6,9-11H2,1-4H3. The fourth-order valence-electron chi connectivity index (χ4n) is 4.42. The number of fused-ring (bicyclic) bond motifs is 2. The van der Waals surface area contributed by atoms with Crippen LogP contribution in [0.2, 0.25) is 0 Å². The van der Waals surface area contributed by atoms with Crippen molar-refractivity contribution in [2.45, 2.75) is 32.2 Å². The Bertz CT molecular complexity index is 995. The van der Waals surface area contributed by atoms with Crippen LogP contribution in [0.25, 0.3) is 10.9 Å². The van der Waals surface area contributed by atoms with E-state index in [1.807, 2.05) is 13.0 Å². The van der Waals surface area contributed by atoms with Crippen molar-refractivity contribution in [3.63, 3.8) is 0 Å². The van der Waals surface area contributed by atoms with Crippen LogP contribution in [0.3, 0.4) is 0 Å². The molecule has 0 amide bonds. The Kier molecular flexibility index (Phi) is 5.67. The quantitative estimate of drug-likeness (QED) is 0.628. The Morgan fingerprint density at radius 2 is 1.97 bits per heavy atom. The largest absolute Gasteiger partial charge is 0.497 e. The summed E-state index contributed by atoms with van der Waals surface area (Å²) in [6.45, 7) is 3.69. The molecule has 0 fully saturated rings. The second kappa shape index (κ2) is 8.37. The number of ether oxygens (including phenoxy) is 3. The van der Waals surface area contributed by atoms with Gasteiger partial charge in [0.05, 0.1) is 20.8 Å². The van der Waals surface area contributed by atoms with Crippen molar-refractivity contribution >= 4 is 10.9 Å². The highest BCUT2D eigenvalue weighted by Crippen LogP contribution is 2.39. The molecule has 4 rings (SSSR count). The zero-order valence-corrected chi connectivity index (χ0v) is 17.7. The van der Waals surface area contributed by atoms with E-state index in [4.69, 9.17) is 14.2 Å². The lowest BCUT2D eigenvalue weighted by molar-refractivity contribution is 0.217. The van der Waals surface area contributed by atoms with E-state index in [0.29, 0.717) is 12.6 Å². The minimum atomic E-state index is 0.361. The first-order valence-corrected chi connectivity index (χ1v) is 10.3. The van der Waals surface area contributed by atoms with Crippen molar-refractivity contribution in [1.29, 1.82) is 0 Å². The zero-order valence-electron chi connectivity index (χ0n) is 17.7. The number of nitrogens with one attached hydrogen (secondary N) is 1. The van der Waals surface area contributed by atoms with E-state index in [1.165, 1.54) is 22.1 Å². The van der Waals surface area contributed by atoms with Crippen LogP contribution in [0.15, 0.2) is 36.5 Å². The molecule has 5 nitrogen and oxygen atoms in total. The van der Waals surface area contributed by atoms with Gasteiger partial charge in [-0.05, 0) is 80.3 Å². The number of aromatic amines is 1. The summed E-state index contributed by atoms with van der Waals surface area (Å²) < 4.78 is 16.8. The van der Waals surface area contributed by atoms with Crippen LogP contribution in [0.5, 0.6) is 17.2 Å². The van der Waals surface area contributed by atoms with Crippen molar-refractivity contribution in [1.82, 2.24) is 9.88 Å². The maximum atomic E-state index is 5.85. The average Bonchev–Trinajstić information content (AvgIpc) is 3.15. The third-order valence-corrected chi connectivity index (χ3v) is 6.01. The summed E-state index contributed by atoms with van der Waals surface area (Å²) in [7, 11) is 5.64. The molecule has 1 N–H and O–H groups in total. The van der Waals surface area contributed by atoms with Crippen LogP contribution in [0, 0.1) is 0 Å². The second-order valence-electron chi connectivity index (χ2n) is 7.65. The maximum Gasteiger partial charge on any atom is 0.161 e. The van der Waals surface area contributed by atoms with Gasteiger partial charge in [-0.15, -0.1) is 0 Å². The van der Waals surface area contributed by atoms with Crippen molar-refractivity contribution in [2.75, 3.05) is 34.4 Å². The summed E-state index contributed by atoms with van der Waals surface area (Å²) in [5.41, 5.74) is 5.22. The Labute approximate surface area is 172 Å². The first kappa shape index (κ1) is 19.6. The zero-order chi connectivity index (χ0) is 20.4. The van der Waals surface area contributed by atoms with Crippen molar-refractivity contribution in [2.24, 2.45) is 0 Å². The third-order valence-electron chi connectivity index (χ3n) is 6.01. The van der Waals surface area contributed by atoms with E-state index in [2.05, 4.69) is 47.4 Å². The molecule has 0 spiro atoms. The van der Waals surface area contributed by atoms with Gasteiger partial charge in [-0.25, -0.2) is 0 Å². The fourth-order valence-corrected chi connectivity index (χ4v) is 4.42. The SMILES string of the molecule is CCOc1cc2c(cc1OC)CCN(C)C2CCc1c[nH]c2ccc(OC)cc12. The van der Waals surface area contributed by atoms with Gasteiger partial charge >= 0.3 is 0 Å².